The molecule has 1 rings (SSSR count). The van der Waals surface area contributed by atoms with Crippen molar-refractivity contribution in [2.45, 2.75) is 76.8 Å². The van der Waals surface area contributed by atoms with Crippen LogP contribution in [-0.4, -0.2) is 39.4 Å². The minimum atomic E-state index is -1.21. The van der Waals surface area contributed by atoms with E-state index in [4.69, 9.17) is 9.84 Å². The van der Waals surface area contributed by atoms with Gasteiger partial charge in [-0.1, -0.05) is 53.7 Å². The van der Waals surface area contributed by atoms with E-state index >= 15 is 0 Å². The lowest BCUT2D eigenvalue weighted by Crippen LogP contribution is -2.29. The SMILES string of the molecule is CC(C)(C)c1cc(CCC(=O)OC(S)C(O)CO)cc(C(C)(C)C)c1O. The molecule has 26 heavy (non-hydrogen) atoms. The van der Waals surface area contributed by atoms with Crippen LogP contribution in [0.4, 0.5) is 0 Å². The van der Waals surface area contributed by atoms with Gasteiger partial charge in [0.1, 0.15) is 11.9 Å². The summed E-state index contributed by atoms with van der Waals surface area (Å²) in [6, 6.07) is 3.86. The second-order valence-electron chi connectivity index (χ2n) is 8.67. The Kier molecular flexibility index (Phi) is 7.57. The molecule has 0 radical (unpaired) electrons. The Balaban J connectivity index is 3.01. The lowest BCUT2D eigenvalue weighted by molar-refractivity contribution is -0.149. The third kappa shape index (κ3) is 6.18. The zero-order valence-electron chi connectivity index (χ0n) is 16.5. The summed E-state index contributed by atoms with van der Waals surface area (Å²) < 4.78 is 5.01. The van der Waals surface area contributed by atoms with Crippen LogP contribution >= 0.6 is 12.6 Å². The Labute approximate surface area is 161 Å². The molecule has 6 heteroatoms. The van der Waals surface area contributed by atoms with Crippen LogP contribution < -0.4 is 0 Å². The Hall–Kier alpha value is -1.24. The molecule has 2 atom stereocenters. The third-order valence-electron chi connectivity index (χ3n) is 4.17. The summed E-state index contributed by atoms with van der Waals surface area (Å²) >= 11 is 3.96. The average molecular weight is 385 g/mol. The predicted octanol–water partition coefficient (Wildman–Crippen LogP) is 3.07. The van der Waals surface area contributed by atoms with Crippen molar-refractivity contribution in [3.63, 3.8) is 0 Å². The Morgan fingerprint density at radius 3 is 1.96 bits per heavy atom. The number of aryl methyl sites for hydroxylation is 1. The second kappa shape index (κ2) is 8.63. The van der Waals surface area contributed by atoms with Gasteiger partial charge in [-0.25, -0.2) is 0 Å². The highest BCUT2D eigenvalue weighted by molar-refractivity contribution is 7.80. The third-order valence-corrected chi connectivity index (χ3v) is 4.62. The van der Waals surface area contributed by atoms with Gasteiger partial charge >= 0.3 is 5.97 Å². The maximum Gasteiger partial charge on any atom is 0.307 e. The first-order chi connectivity index (χ1) is 11.8. The Bertz CT molecular complexity index is 593. The van der Waals surface area contributed by atoms with Crippen molar-refractivity contribution in [3.05, 3.63) is 28.8 Å². The molecule has 1 aromatic carbocycles. The van der Waals surface area contributed by atoms with Gasteiger partial charge in [0.05, 0.1) is 6.61 Å². The summed E-state index contributed by atoms with van der Waals surface area (Å²) in [5.74, 6) is -0.196. The maximum atomic E-state index is 12.0. The molecule has 0 saturated heterocycles. The van der Waals surface area contributed by atoms with E-state index in [1.54, 1.807) is 0 Å². The number of esters is 1. The van der Waals surface area contributed by atoms with E-state index in [0.717, 1.165) is 16.7 Å². The van der Waals surface area contributed by atoms with Crippen LogP contribution in [0.1, 0.15) is 64.7 Å². The Morgan fingerprint density at radius 1 is 1.12 bits per heavy atom. The van der Waals surface area contributed by atoms with Gasteiger partial charge in [-0.2, -0.15) is 0 Å². The fourth-order valence-electron chi connectivity index (χ4n) is 2.59. The summed E-state index contributed by atoms with van der Waals surface area (Å²) in [4.78, 5) is 12.0. The summed E-state index contributed by atoms with van der Waals surface area (Å²) in [6.07, 6.45) is -0.648. The molecule has 0 aliphatic heterocycles. The number of ether oxygens (including phenoxy) is 1. The predicted molar refractivity (Wildman–Crippen MR) is 106 cm³/mol. The number of phenolic OH excluding ortho intramolecular Hbond substituents is 1. The lowest BCUT2D eigenvalue weighted by atomic mass is 9.78. The smallest absolute Gasteiger partial charge is 0.307 e. The monoisotopic (exact) mass is 384 g/mol. The largest absolute Gasteiger partial charge is 0.507 e. The molecule has 0 fully saturated rings. The van der Waals surface area contributed by atoms with E-state index in [-0.39, 0.29) is 17.3 Å². The number of benzene rings is 1. The van der Waals surface area contributed by atoms with Crippen LogP contribution in [0.3, 0.4) is 0 Å². The molecule has 0 aliphatic rings. The highest BCUT2D eigenvalue weighted by Crippen LogP contribution is 2.40. The fourth-order valence-corrected chi connectivity index (χ4v) is 2.80. The minimum absolute atomic E-state index is 0.118. The van der Waals surface area contributed by atoms with Crippen molar-refractivity contribution in [2.75, 3.05) is 6.61 Å². The van der Waals surface area contributed by atoms with Crippen molar-refractivity contribution >= 4 is 18.6 Å². The molecule has 148 valence electrons. The van der Waals surface area contributed by atoms with Crippen LogP contribution in [0.5, 0.6) is 5.75 Å². The average Bonchev–Trinajstić information content (AvgIpc) is 2.50. The molecular formula is C20H32O5S. The lowest BCUT2D eigenvalue weighted by Gasteiger charge is -2.28. The summed E-state index contributed by atoms with van der Waals surface area (Å²) in [5.41, 5.74) is 1.10. The zero-order chi connectivity index (χ0) is 20.3. The van der Waals surface area contributed by atoms with Crippen molar-refractivity contribution in [1.82, 2.24) is 0 Å². The molecule has 0 saturated carbocycles. The number of hydrogen-bond acceptors (Lipinski definition) is 6. The number of carbonyl (C=O) groups is 1. The standard InChI is InChI=1S/C20H32O5S/c1-19(2,3)13-9-12(10-14(17(13)24)20(4,5)6)7-8-16(23)25-18(26)15(22)11-21/h9-10,15,18,21-22,24,26H,7-8,11H2,1-6H3. The molecule has 0 aromatic heterocycles. The quantitative estimate of drug-likeness (QED) is 0.344. The minimum Gasteiger partial charge on any atom is -0.507 e. The summed E-state index contributed by atoms with van der Waals surface area (Å²) in [7, 11) is 0. The highest BCUT2D eigenvalue weighted by atomic mass is 32.1. The molecule has 3 N–H and O–H groups in total. The van der Waals surface area contributed by atoms with Gasteiger partial charge in [-0.05, 0) is 33.9 Å². The first kappa shape index (κ1) is 22.8. The number of aromatic hydroxyl groups is 1. The Morgan fingerprint density at radius 2 is 1.58 bits per heavy atom. The number of thiol groups is 1. The van der Waals surface area contributed by atoms with E-state index in [0.29, 0.717) is 12.2 Å². The van der Waals surface area contributed by atoms with Gasteiger partial charge in [0.25, 0.3) is 0 Å². The summed E-state index contributed by atoms with van der Waals surface area (Å²) in [5, 5.41) is 29.0. The van der Waals surface area contributed by atoms with E-state index in [1.165, 1.54) is 0 Å². The van der Waals surface area contributed by atoms with Crippen LogP contribution in [0.2, 0.25) is 0 Å². The second-order valence-corrected chi connectivity index (χ2v) is 9.18. The van der Waals surface area contributed by atoms with Crippen molar-refractivity contribution < 1.29 is 24.9 Å². The molecular weight excluding hydrogens is 352 g/mol. The number of aliphatic hydroxyl groups is 2. The molecule has 2 unspecified atom stereocenters. The zero-order valence-corrected chi connectivity index (χ0v) is 17.4. The van der Waals surface area contributed by atoms with Crippen molar-refractivity contribution in [1.29, 1.82) is 0 Å². The molecule has 0 aliphatic carbocycles. The highest BCUT2D eigenvalue weighted by Gasteiger charge is 2.26. The first-order valence-electron chi connectivity index (χ1n) is 8.80. The van der Waals surface area contributed by atoms with Gasteiger partial charge in [0.2, 0.25) is 0 Å². The van der Waals surface area contributed by atoms with Gasteiger partial charge < -0.3 is 20.1 Å². The molecule has 5 nitrogen and oxygen atoms in total. The molecule has 0 spiro atoms. The molecule has 0 amide bonds. The first-order valence-corrected chi connectivity index (χ1v) is 9.32. The van der Waals surface area contributed by atoms with Crippen LogP contribution in [0, 0.1) is 0 Å². The number of aliphatic hydroxyl groups excluding tert-OH is 2. The van der Waals surface area contributed by atoms with Crippen LogP contribution in [-0.2, 0) is 26.8 Å². The van der Waals surface area contributed by atoms with Crippen molar-refractivity contribution in [2.24, 2.45) is 0 Å². The number of phenols is 1. The van der Waals surface area contributed by atoms with Gasteiger partial charge in [0, 0.05) is 6.42 Å². The topological polar surface area (TPSA) is 87.0 Å². The van der Waals surface area contributed by atoms with Crippen LogP contribution in [0.15, 0.2) is 12.1 Å². The van der Waals surface area contributed by atoms with E-state index in [1.807, 2.05) is 53.7 Å². The van der Waals surface area contributed by atoms with Crippen molar-refractivity contribution in [3.8, 4) is 5.75 Å². The van der Waals surface area contributed by atoms with E-state index in [2.05, 4.69) is 12.6 Å². The van der Waals surface area contributed by atoms with Gasteiger partial charge in [0.15, 0.2) is 5.44 Å². The van der Waals surface area contributed by atoms with Crippen LogP contribution in [0.25, 0.3) is 0 Å². The molecule has 0 bridgehead atoms. The normalized spacial score (nSPS) is 14.8. The fraction of sp³-hybridized carbons (Fsp3) is 0.650. The van der Waals surface area contributed by atoms with E-state index < -0.39 is 24.1 Å². The van der Waals surface area contributed by atoms with Gasteiger partial charge in [-0.15, -0.1) is 12.6 Å². The maximum absolute atomic E-state index is 12.0. The number of hydrogen-bond donors (Lipinski definition) is 4. The number of rotatable bonds is 6. The van der Waals surface area contributed by atoms with Gasteiger partial charge in [-0.3, -0.25) is 4.79 Å². The van der Waals surface area contributed by atoms with E-state index in [9.17, 15) is 15.0 Å². The molecule has 0 heterocycles. The molecule has 1 aromatic rings. The number of carbonyl (C=O) groups excluding carboxylic acids is 1. The summed E-state index contributed by atoms with van der Waals surface area (Å²) in [6.45, 7) is 11.7.